The van der Waals surface area contributed by atoms with Gasteiger partial charge in [0.15, 0.2) is 0 Å². The summed E-state index contributed by atoms with van der Waals surface area (Å²) in [6, 6.07) is 0.0151. The summed E-state index contributed by atoms with van der Waals surface area (Å²) in [6.45, 7) is 10.0. The van der Waals surface area contributed by atoms with Gasteiger partial charge in [-0.3, -0.25) is 15.0 Å². The Balaban J connectivity index is 2.30. The summed E-state index contributed by atoms with van der Waals surface area (Å²) in [5, 5.41) is 8.44. The first-order valence-corrected chi connectivity index (χ1v) is 8.05. The second kappa shape index (κ2) is 9.73. The van der Waals surface area contributed by atoms with Crippen molar-refractivity contribution in [3.05, 3.63) is 0 Å². The molecule has 1 saturated heterocycles. The lowest BCUT2D eigenvalue weighted by Gasteiger charge is -2.27. The molecule has 1 rings (SSSR count). The summed E-state index contributed by atoms with van der Waals surface area (Å²) < 4.78 is 0. The lowest BCUT2D eigenvalue weighted by atomic mass is 10.1. The molecule has 3 N–H and O–H groups in total. The molecule has 0 spiro atoms. The van der Waals surface area contributed by atoms with Gasteiger partial charge in [-0.2, -0.15) is 0 Å². The zero-order chi connectivity index (χ0) is 15.7. The van der Waals surface area contributed by atoms with E-state index >= 15 is 0 Å². The summed E-state index contributed by atoms with van der Waals surface area (Å²) in [5.41, 5.74) is 0. The fourth-order valence-corrected chi connectivity index (χ4v) is 2.50. The Hall–Kier alpha value is -1.14. The van der Waals surface area contributed by atoms with Crippen molar-refractivity contribution in [2.45, 2.75) is 46.1 Å². The summed E-state index contributed by atoms with van der Waals surface area (Å²) in [7, 11) is 0. The number of rotatable bonds is 8. The molecule has 21 heavy (non-hydrogen) atoms. The second-order valence-corrected chi connectivity index (χ2v) is 6.10. The van der Waals surface area contributed by atoms with Crippen molar-refractivity contribution in [3.8, 4) is 0 Å². The average molecular weight is 298 g/mol. The van der Waals surface area contributed by atoms with Gasteiger partial charge in [0.25, 0.3) is 0 Å². The number of imide groups is 1. The zero-order valence-electron chi connectivity index (χ0n) is 13.6. The van der Waals surface area contributed by atoms with Crippen molar-refractivity contribution in [1.29, 1.82) is 0 Å². The van der Waals surface area contributed by atoms with Crippen LogP contribution in [0.3, 0.4) is 0 Å². The van der Waals surface area contributed by atoms with Crippen LogP contribution in [0.15, 0.2) is 0 Å². The highest BCUT2D eigenvalue weighted by Gasteiger charge is 2.23. The van der Waals surface area contributed by atoms with E-state index in [2.05, 4.69) is 41.6 Å². The molecule has 1 fully saturated rings. The van der Waals surface area contributed by atoms with Gasteiger partial charge in [-0.1, -0.05) is 20.8 Å². The molecule has 122 valence electrons. The number of amides is 3. The van der Waals surface area contributed by atoms with Gasteiger partial charge < -0.3 is 10.6 Å². The van der Waals surface area contributed by atoms with Gasteiger partial charge in [0.1, 0.15) is 0 Å². The van der Waals surface area contributed by atoms with Crippen LogP contribution in [0, 0.1) is 5.92 Å². The summed E-state index contributed by atoms with van der Waals surface area (Å²) >= 11 is 0. The van der Waals surface area contributed by atoms with E-state index in [1.54, 1.807) is 0 Å². The van der Waals surface area contributed by atoms with E-state index in [0.717, 1.165) is 38.9 Å². The third-order valence-electron chi connectivity index (χ3n) is 3.67. The third kappa shape index (κ3) is 7.43. The topological polar surface area (TPSA) is 73.5 Å². The van der Waals surface area contributed by atoms with Crippen molar-refractivity contribution >= 4 is 11.9 Å². The number of urea groups is 1. The number of carbonyl (C=O) groups is 2. The maximum Gasteiger partial charge on any atom is 0.321 e. The van der Waals surface area contributed by atoms with Gasteiger partial charge in [0, 0.05) is 19.1 Å². The van der Waals surface area contributed by atoms with Crippen molar-refractivity contribution in [3.63, 3.8) is 0 Å². The molecule has 1 atom stereocenters. The van der Waals surface area contributed by atoms with Crippen LogP contribution in [0.25, 0.3) is 0 Å². The Labute approximate surface area is 128 Å². The van der Waals surface area contributed by atoms with E-state index in [9.17, 15) is 9.59 Å². The number of carbonyl (C=O) groups excluding carboxylic acids is 2. The Kier molecular flexibility index (Phi) is 8.30. The van der Waals surface area contributed by atoms with E-state index < -0.39 is 0 Å². The minimum absolute atomic E-state index is 0.225. The molecule has 0 aliphatic carbocycles. The maximum absolute atomic E-state index is 12.0. The van der Waals surface area contributed by atoms with Crippen LogP contribution in [-0.2, 0) is 4.79 Å². The fourth-order valence-electron chi connectivity index (χ4n) is 2.50. The fraction of sp³-hybridized carbons (Fsp3) is 0.867. The van der Waals surface area contributed by atoms with Crippen LogP contribution in [0.5, 0.6) is 0 Å². The largest absolute Gasteiger partial charge is 0.338 e. The SMILES string of the molecule is CCCN(CC(=O)NC(=O)NCCC(C)C)C1CCNC1. The molecule has 3 amide bonds. The highest BCUT2D eigenvalue weighted by molar-refractivity contribution is 5.95. The van der Waals surface area contributed by atoms with Crippen molar-refractivity contribution in [2.24, 2.45) is 5.92 Å². The Morgan fingerprint density at radius 3 is 2.71 bits per heavy atom. The van der Waals surface area contributed by atoms with Gasteiger partial charge in [-0.25, -0.2) is 4.79 Å². The number of nitrogens with zero attached hydrogens (tertiary/aromatic N) is 1. The van der Waals surface area contributed by atoms with Gasteiger partial charge in [-0.15, -0.1) is 0 Å². The van der Waals surface area contributed by atoms with E-state index in [-0.39, 0.29) is 18.5 Å². The number of hydrogen-bond acceptors (Lipinski definition) is 4. The first kappa shape index (κ1) is 17.9. The number of hydrogen-bond donors (Lipinski definition) is 3. The van der Waals surface area contributed by atoms with Crippen LogP contribution in [0.2, 0.25) is 0 Å². The standard InChI is InChI=1S/C15H30N4O2/c1-4-9-19(13-6-7-16-10-13)11-14(20)18-15(21)17-8-5-12(2)3/h12-13,16H,4-11H2,1-3H3,(H2,17,18,20,21). The van der Waals surface area contributed by atoms with Crippen LogP contribution < -0.4 is 16.0 Å². The van der Waals surface area contributed by atoms with E-state index in [1.165, 1.54) is 0 Å². The lowest BCUT2D eigenvalue weighted by Crippen LogP contribution is -2.48. The Morgan fingerprint density at radius 1 is 1.38 bits per heavy atom. The molecular formula is C15H30N4O2. The molecule has 1 unspecified atom stereocenters. The molecule has 6 heteroatoms. The minimum atomic E-state index is -0.387. The smallest absolute Gasteiger partial charge is 0.321 e. The van der Waals surface area contributed by atoms with Gasteiger partial charge in [0.2, 0.25) is 5.91 Å². The van der Waals surface area contributed by atoms with Crippen LogP contribution in [0.1, 0.15) is 40.0 Å². The maximum atomic E-state index is 12.0. The zero-order valence-corrected chi connectivity index (χ0v) is 13.6. The van der Waals surface area contributed by atoms with Crippen LogP contribution in [0.4, 0.5) is 4.79 Å². The predicted molar refractivity (Wildman–Crippen MR) is 84.1 cm³/mol. The lowest BCUT2D eigenvalue weighted by molar-refractivity contribution is -0.121. The Bertz CT molecular complexity index is 328. The van der Waals surface area contributed by atoms with E-state index in [1.807, 2.05) is 0 Å². The third-order valence-corrected chi connectivity index (χ3v) is 3.67. The van der Waals surface area contributed by atoms with Gasteiger partial charge in [0.05, 0.1) is 6.54 Å². The van der Waals surface area contributed by atoms with Crippen LogP contribution >= 0.6 is 0 Å². The van der Waals surface area contributed by atoms with Gasteiger partial charge in [-0.05, 0) is 38.3 Å². The molecule has 0 aromatic carbocycles. The second-order valence-electron chi connectivity index (χ2n) is 6.10. The predicted octanol–water partition coefficient (Wildman–Crippen LogP) is 0.932. The Morgan fingerprint density at radius 2 is 2.14 bits per heavy atom. The quantitative estimate of drug-likeness (QED) is 0.623. The molecule has 0 saturated carbocycles. The highest BCUT2D eigenvalue weighted by Crippen LogP contribution is 2.08. The van der Waals surface area contributed by atoms with Crippen molar-refractivity contribution < 1.29 is 9.59 Å². The van der Waals surface area contributed by atoms with Crippen molar-refractivity contribution in [2.75, 3.05) is 32.7 Å². The highest BCUT2D eigenvalue weighted by atomic mass is 16.2. The molecule has 0 aromatic rings. The van der Waals surface area contributed by atoms with E-state index in [0.29, 0.717) is 18.5 Å². The first-order valence-electron chi connectivity index (χ1n) is 8.05. The molecular weight excluding hydrogens is 268 g/mol. The van der Waals surface area contributed by atoms with E-state index in [4.69, 9.17) is 0 Å². The summed E-state index contributed by atoms with van der Waals surface area (Å²) in [6.07, 6.45) is 2.98. The molecule has 1 aliphatic rings. The molecule has 1 heterocycles. The average Bonchev–Trinajstić information content (AvgIpc) is 2.91. The van der Waals surface area contributed by atoms with Crippen LogP contribution in [-0.4, -0.2) is 55.6 Å². The van der Waals surface area contributed by atoms with Crippen molar-refractivity contribution in [1.82, 2.24) is 20.9 Å². The van der Waals surface area contributed by atoms with Gasteiger partial charge >= 0.3 is 6.03 Å². The molecule has 0 bridgehead atoms. The molecule has 6 nitrogen and oxygen atoms in total. The summed E-state index contributed by atoms with van der Waals surface area (Å²) in [5.74, 6) is 0.313. The summed E-state index contributed by atoms with van der Waals surface area (Å²) in [4.78, 5) is 25.7. The monoisotopic (exact) mass is 298 g/mol. The molecule has 0 radical (unpaired) electrons. The number of nitrogens with one attached hydrogen (secondary N) is 3. The minimum Gasteiger partial charge on any atom is -0.338 e. The molecule has 0 aromatic heterocycles. The first-order chi connectivity index (χ1) is 10.0. The normalized spacial score (nSPS) is 18.2. The molecule has 1 aliphatic heterocycles.